The Morgan fingerprint density at radius 1 is 0.821 bits per heavy atom. The van der Waals surface area contributed by atoms with Crippen molar-refractivity contribution in [2.45, 2.75) is 64.2 Å². The molecule has 8 nitrogen and oxygen atoms in total. The zero-order valence-electron chi connectivity index (χ0n) is 15.6. The van der Waals surface area contributed by atoms with Crippen molar-refractivity contribution in [3.8, 4) is 0 Å². The van der Waals surface area contributed by atoms with E-state index >= 15 is 0 Å². The van der Waals surface area contributed by atoms with Crippen LogP contribution in [0.2, 0.25) is 0 Å². The van der Waals surface area contributed by atoms with Gasteiger partial charge in [-0.3, -0.25) is 14.4 Å². The van der Waals surface area contributed by atoms with E-state index in [2.05, 4.69) is 0 Å². The smallest absolute Gasteiger partial charge is 0.333 e. The summed E-state index contributed by atoms with van der Waals surface area (Å²) in [5.41, 5.74) is -3.00. The molecule has 0 saturated carbocycles. The number of rotatable bonds is 5. The molecule has 0 bridgehead atoms. The number of carboxylic acids is 4. The lowest BCUT2D eigenvalue weighted by atomic mass is 9.64. The standard InChI is InChI=1S/C20H26O8/c21-16(22)14-11-7-6-10-13(12-8-4-2-1-3-5-9-12)15(17(23)24)20(14,18(25)26)19(27)28/h8,14H,1-7,9-11H2,(H,21,22)(H,23,24)(H,25,26)(H,27,28)/b12-8+,15-13+. The molecule has 0 fully saturated rings. The number of hydrogen-bond donors (Lipinski definition) is 4. The minimum atomic E-state index is -3.03. The second kappa shape index (κ2) is 9.03. The summed E-state index contributed by atoms with van der Waals surface area (Å²) in [5.74, 6) is -9.06. The number of allylic oxidation sites excluding steroid dienone is 3. The summed E-state index contributed by atoms with van der Waals surface area (Å²) in [5, 5.41) is 39.3. The van der Waals surface area contributed by atoms with Crippen LogP contribution in [0.4, 0.5) is 0 Å². The van der Waals surface area contributed by atoms with Gasteiger partial charge in [0.25, 0.3) is 0 Å². The molecule has 0 saturated heterocycles. The molecule has 28 heavy (non-hydrogen) atoms. The van der Waals surface area contributed by atoms with Crippen molar-refractivity contribution in [2.24, 2.45) is 11.3 Å². The van der Waals surface area contributed by atoms with Crippen molar-refractivity contribution in [3.05, 3.63) is 22.8 Å². The summed E-state index contributed by atoms with van der Waals surface area (Å²) in [4.78, 5) is 48.5. The summed E-state index contributed by atoms with van der Waals surface area (Å²) >= 11 is 0. The van der Waals surface area contributed by atoms with Gasteiger partial charge in [0.1, 0.15) is 0 Å². The van der Waals surface area contributed by atoms with Crippen LogP contribution in [-0.2, 0) is 19.2 Å². The summed E-state index contributed by atoms with van der Waals surface area (Å²) < 4.78 is 0. The zero-order valence-corrected chi connectivity index (χ0v) is 15.6. The molecule has 0 aromatic rings. The monoisotopic (exact) mass is 394 g/mol. The van der Waals surface area contributed by atoms with Crippen LogP contribution in [0, 0.1) is 11.3 Å². The fourth-order valence-electron chi connectivity index (χ4n) is 4.40. The number of aliphatic carboxylic acids is 4. The van der Waals surface area contributed by atoms with Gasteiger partial charge in [0.05, 0.1) is 11.5 Å². The molecule has 0 aromatic carbocycles. The lowest BCUT2D eigenvalue weighted by molar-refractivity contribution is -0.174. The van der Waals surface area contributed by atoms with E-state index in [1.54, 1.807) is 0 Å². The number of carbonyl (C=O) groups is 4. The van der Waals surface area contributed by atoms with Crippen molar-refractivity contribution in [3.63, 3.8) is 0 Å². The molecule has 0 heterocycles. The van der Waals surface area contributed by atoms with Gasteiger partial charge in [-0.2, -0.15) is 0 Å². The minimum Gasteiger partial charge on any atom is -0.481 e. The van der Waals surface area contributed by atoms with Crippen molar-refractivity contribution in [2.75, 3.05) is 0 Å². The first-order valence-electron chi connectivity index (χ1n) is 9.60. The SMILES string of the molecule is O=C(O)/C1=C(\C2=C\CCCCCC2)CCCCC(C(=O)O)C1(C(=O)O)C(=O)O. The molecule has 8 heteroatoms. The van der Waals surface area contributed by atoms with Gasteiger partial charge in [0, 0.05) is 0 Å². The Balaban J connectivity index is 2.86. The maximum atomic E-state index is 12.2. The van der Waals surface area contributed by atoms with E-state index in [0.717, 1.165) is 25.7 Å². The third-order valence-corrected chi connectivity index (χ3v) is 5.75. The first-order chi connectivity index (χ1) is 13.2. The predicted octanol–water partition coefficient (Wildman–Crippen LogP) is 3.08. The van der Waals surface area contributed by atoms with E-state index in [0.29, 0.717) is 31.3 Å². The van der Waals surface area contributed by atoms with E-state index in [1.165, 1.54) is 0 Å². The van der Waals surface area contributed by atoms with Gasteiger partial charge in [-0.05, 0) is 56.1 Å². The Labute approximate surface area is 162 Å². The molecule has 0 spiro atoms. The van der Waals surface area contributed by atoms with Crippen LogP contribution in [0.25, 0.3) is 0 Å². The largest absolute Gasteiger partial charge is 0.481 e. The summed E-state index contributed by atoms with van der Waals surface area (Å²) in [7, 11) is 0. The minimum absolute atomic E-state index is 0.185. The zero-order chi connectivity index (χ0) is 20.9. The molecule has 2 rings (SSSR count). The van der Waals surface area contributed by atoms with E-state index in [1.807, 2.05) is 6.08 Å². The third-order valence-electron chi connectivity index (χ3n) is 5.75. The highest BCUT2D eigenvalue weighted by molar-refractivity contribution is 6.13. The van der Waals surface area contributed by atoms with Crippen molar-refractivity contribution < 1.29 is 39.6 Å². The van der Waals surface area contributed by atoms with Crippen molar-refractivity contribution in [1.29, 1.82) is 0 Å². The molecule has 0 aromatic heterocycles. The second-order valence-corrected chi connectivity index (χ2v) is 7.40. The fraction of sp³-hybridized carbons (Fsp3) is 0.600. The van der Waals surface area contributed by atoms with E-state index in [9.17, 15) is 39.6 Å². The van der Waals surface area contributed by atoms with E-state index < -0.39 is 40.8 Å². The van der Waals surface area contributed by atoms with Crippen LogP contribution in [-0.4, -0.2) is 44.3 Å². The normalized spacial score (nSPS) is 27.9. The molecular weight excluding hydrogens is 368 g/mol. The molecule has 0 aliphatic heterocycles. The summed E-state index contributed by atoms with van der Waals surface area (Å²) in [6.07, 6.45) is 7.59. The van der Waals surface area contributed by atoms with E-state index in [-0.39, 0.29) is 18.4 Å². The quantitative estimate of drug-likeness (QED) is 0.520. The van der Waals surface area contributed by atoms with Crippen LogP contribution < -0.4 is 0 Å². The molecule has 4 N–H and O–H groups in total. The Morgan fingerprint density at radius 2 is 1.43 bits per heavy atom. The molecule has 1 unspecified atom stereocenters. The lowest BCUT2D eigenvalue weighted by Crippen LogP contribution is -2.52. The van der Waals surface area contributed by atoms with Crippen LogP contribution in [0.1, 0.15) is 64.2 Å². The highest BCUT2D eigenvalue weighted by atomic mass is 16.4. The Bertz CT molecular complexity index is 716. The van der Waals surface area contributed by atoms with Crippen LogP contribution >= 0.6 is 0 Å². The fourth-order valence-corrected chi connectivity index (χ4v) is 4.40. The Kier molecular flexibility index (Phi) is 6.99. The molecular formula is C20H26O8. The maximum Gasteiger partial charge on any atom is 0.333 e. The average molecular weight is 394 g/mol. The van der Waals surface area contributed by atoms with Gasteiger partial charge in [0.2, 0.25) is 5.41 Å². The first kappa shape index (κ1) is 21.7. The average Bonchev–Trinajstić information content (AvgIpc) is 2.54. The lowest BCUT2D eigenvalue weighted by Gasteiger charge is -2.35. The van der Waals surface area contributed by atoms with Gasteiger partial charge >= 0.3 is 23.9 Å². The molecule has 2 aliphatic rings. The topological polar surface area (TPSA) is 149 Å². The molecule has 2 aliphatic carbocycles. The van der Waals surface area contributed by atoms with Gasteiger partial charge in [-0.25, -0.2) is 4.79 Å². The highest BCUT2D eigenvalue weighted by Crippen LogP contribution is 2.46. The highest BCUT2D eigenvalue weighted by Gasteiger charge is 2.62. The Morgan fingerprint density at radius 3 is 2.00 bits per heavy atom. The predicted molar refractivity (Wildman–Crippen MR) is 97.7 cm³/mol. The van der Waals surface area contributed by atoms with Gasteiger partial charge in [0.15, 0.2) is 0 Å². The molecule has 1 atom stereocenters. The van der Waals surface area contributed by atoms with E-state index in [4.69, 9.17) is 0 Å². The molecule has 0 amide bonds. The molecule has 154 valence electrons. The van der Waals surface area contributed by atoms with Crippen LogP contribution in [0.5, 0.6) is 0 Å². The molecule has 0 radical (unpaired) electrons. The summed E-state index contributed by atoms with van der Waals surface area (Å²) in [6.45, 7) is 0. The van der Waals surface area contributed by atoms with Gasteiger partial charge < -0.3 is 20.4 Å². The number of carboxylic acid groups (broad SMARTS) is 4. The van der Waals surface area contributed by atoms with Gasteiger partial charge in [-0.1, -0.05) is 25.3 Å². The van der Waals surface area contributed by atoms with Gasteiger partial charge in [-0.15, -0.1) is 0 Å². The first-order valence-corrected chi connectivity index (χ1v) is 9.60. The number of hydrogen-bond acceptors (Lipinski definition) is 4. The van der Waals surface area contributed by atoms with Crippen LogP contribution in [0.3, 0.4) is 0 Å². The summed E-state index contributed by atoms with van der Waals surface area (Å²) in [6, 6.07) is 0. The van der Waals surface area contributed by atoms with Crippen molar-refractivity contribution >= 4 is 23.9 Å². The second-order valence-electron chi connectivity index (χ2n) is 7.40. The maximum absolute atomic E-state index is 12.2. The van der Waals surface area contributed by atoms with Crippen LogP contribution in [0.15, 0.2) is 22.8 Å². The van der Waals surface area contributed by atoms with Crippen molar-refractivity contribution in [1.82, 2.24) is 0 Å². The third kappa shape index (κ3) is 3.95. The Hall–Kier alpha value is -2.64.